The highest BCUT2D eigenvalue weighted by Gasteiger charge is 2.75. The smallest absolute Gasteiger partial charge is 0.329 e. The number of carbonyl (C=O) groups excluding carboxylic acids is 6. The molecule has 2 fully saturated rings. The maximum absolute atomic E-state index is 15.9. The van der Waals surface area contributed by atoms with Crippen LogP contribution in [0.5, 0.6) is 5.75 Å². The van der Waals surface area contributed by atoms with Crippen molar-refractivity contribution in [2.75, 3.05) is 18.6 Å². The van der Waals surface area contributed by atoms with Gasteiger partial charge in [0.2, 0.25) is 11.8 Å². The number of phenolic OH excluding ortho intramolecular Hbond substituents is 1. The summed E-state index contributed by atoms with van der Waals surface area (Å²) in [5.74, 6) is 0.00405. The number of hydrogen-bond acceptors (Lipinski definition) is 10. The number of phenols is 1. The van der Waals surface area contributed by atoms with E-state index in [9.17, 15) is 29.1 Å². The molecule has 3 aliphatic rings. The zero-order chi connectivity index (χ0) is 42.2. The highest BCUT2D eigenvalue weighted by atomic mass is 16.6. The number of amides is 6. The molecule has 0 radical (unpaired) electrons. The van der Waals surface area contributed by atoms with E-state index in [1.54, 1.807) is 55.1 Å². The minimum absolute atomic E-state index is 0.0415. The number of nitrogens with one attached hydrogen (secondary N) is 2. The normalized spacial score (nSPS) is 23.7. The van der Waals surface area contributed by atoms with Gasteiger partial charge in [-0.2, -0.15) is 0 Å². The van der Waals surface area contributed by atoms with Crippen molar-refractivity contribution in [2.45, 2.75) is 49.5 Å². The Bertz CT molecular complexity index is 2380. The van der Waals surface area contributed by atoms with Gasteiger partial charge >= 0.3 is 24.0 Å². The van der Waals surface area contributed by atoms with E-state index in [1.807, 2.05) is 48.5 Å². The fourth-order valence-corrected chi connectivity index (χ4v) is 8.77. The molecule has 7 N–H and O–H groups in total. The highest BCUT2D eigenvalue weighted by Crippen LogP contribution is 2.65. The molecular weight excluding hydrogens is 757 g/mol. The topological polar surface area (TPSA) is 224 Å². The first-order valence-corrected chi connectivity index (χ1v) is 18.9. The van der Waals surface area contributed by atoms with Gasteiger partial charge in [-0.1, -0.05) is 98.5 Å². The Kier molecular flexibility index (Phi) is 10.8. The van der Waals surface area contributed by atoms with Crippen LogP contribution in [-0.4, -0.2) is 71.6 Å². The lowest BCUT2D eigenvalue weighted by Crippen LogP contribution is -2.57. The van der Waals surface area contributed by atoms with Gasteiger partial charge in [0.05, 0.1) is 37.3 Å². The fourth-order valence-electron chi connectivity index (χ4n) is 8.77. The molecule has 0 saturated carbocycles. The van der Waals surface area contributed by atoms with E-state index in [1.165, 1.54) is 25.3 Å². The van der Waals surface area contributed by atoms with E-state index < -0.39 is 83.3 Å². The van der Waals surface area contributed by atoms with Crippen LogP contribution < -0.4 is 27.0 Å². The predicted molar refractivity (Wildman–Crippen MR) is 213 cm³/mol. The van der Waals surface area contributed by atoms with Crippen molar-refractivity contribution in [1.82, 2.24) is 15.5 Å². The van der Waals surface area contributed by atoms with Crippen LogP contribution in [0.2, 0.25) is 0 Å². The number of benzene rings is 4. The Balaban J connectivity index is 1.54. The van der Waals surface area contributed by atoms with E-state index >= 15 is 4.79 Å². The van der Waals surface area contributed by atoms with Crippen molar-refractivity contribution in [3.63, 3.8) is 0 Å². The number of urea groups is 2. The molecule has 4 aromatic rings. The molecule has 0 aromatic heterocycles. The molecule has 15 heteroatoms. The number of cyclic esters (lactones) is 1. The molecule has 7 atom stereocenters. The van der Waals surface area contributed by atoms with Gasteiger partial charge in [-0.3, -0.25) is 19.3 Å². The third-order valence-corrected chi connectivity index (χ3v) is 11.2. The largest absolute Gasteiger partial charge is 0.508 e. The van der Waals surface area contributed by atoms with Gasteiger partial charge in [-0.25, -0.2) is 19.3 Å². The highest BCUT2D eigenvalue weighted by molar-refractivity contribution is 6.25. The van der Waals surface area contributed by atoms with Crippen LogP contribution in [0.15, 0.2) is 103 Å². The Morgan fingerprint density at radius 2 is 1.53 bits per heavy atom. The number of methoxy groups -OCH3 is 1. The average Bonchev–Trinajstić information content (AvgIpc) is 3.68. The van der Waals surface area contributed by atoms with Crippen molar-refractivity contribution in [3.05, 3.63) is 131 Å². The van der Waals surface area contributed by atoms with Crippen molar-refractivity contribution in [1.29, 1.82) is 0 Å². The maximum atomic E-state index is 15.9. The molecule has 3 heterocycles. The number of esters is 2. The van der Waals surface area contributed by atoms with Crippen molar-refractivity contribution >= 4 is 41.5 Å². The first kappa shape index (κ1) is 40.0. The summed E-state index contributed by atoms with van der Waals surface area (Å²) in [7, 11) is 1.18. The molecule has 3 aliphatic heterocycles. The second kappa shape index (κ2) is 16.0. The van der Waals surface area contributed by atoms with E-state index in [0.717, 1.165) is 4.90 Å². The number of fused-ring (bicyclic) bond motifs is 3. The Morgan fingerprint density at radius 1 is 0.881 bits per heavy atom. The zero-order valence-electron chi connectivity index (χ0n) is 32.3. The first-order valence-electron chi connectivity index (χ1n) is 18.9. The van der Waals surface area contributed by atoms with Crippen LogP contribution in [0.3, 0.4) is 0 Å². The molecule has 7 rings (SSSR count). The minimum Gasteiger partial charge on any atom is -0.508 e. The standard InChI is InChI=1S/C44H42N6O9/c1-24(2)33(39(53)58-3)48-43(57)49-31-21-16-25(11-10-22-47-42(46)56)23-30(31)44(41(49)55)32(38(45)52)35-40(54)59-36(27-14-8-5-9-15-27)34(26-12-6-4-7-13-26)50(35)37(44)28-17-19-29(51)20-18-28/h4-9,12-21,23-24,32-37,51H,22H2,1-3H3,(H2,45,52)(H,48,57)(H3,46,47,56)/t32-,33-,34-,35-,36+,37+,44-/m0/s1. The Hall–Kier alpha value is -7.18. The lowest BCUT2D eigenvalue weighted by Gasteiger charge is -2.46. The van der Waals surface area contributed by atoms with E-state index in [-0.39, 0.29) is 23.5 Å². The molecule has 6 amide bonds. The molecule has 0 aliphatic carbocycles. The number of nitrogens with two attached hydrogens (primary N) is 2. The van der Waals surface area contributed by atoms with Crippen LogP contribution in [0.25, 0.3) is 0 Å². The lowest BCUT2D eigenvalue weighted by molar-refractivity contribution is -0.178. The predicted octanol–water partition coefficient (Wildman–Crippen LogP) is 3.47. The summed E-state index contributed by atoms with van der Waals surface area (Å²) in [6, 6.07) is 22.3. The fraction of sp³-hybridized carbons (Fsp3) is 0.273. The minimum atomic E-state index is -2.14. The number of hydrogen-bond donors (Lipinski definition) is 5. The van der Waals surface area contributed by atoms with Gasteiger partial charge < -0.3 is 36.7 Å². The number of imide groups is 1. The van der Waals surface area contributed by atoms with Crippen LogP contribution in [0.4, 0.5) is 15.3 Å². The van der Waals surface area contributed by atoms with Gasteiger partial charge in [0.1, 0.15) is 29.4 Å². The quantitative estimate of drug-likeness (QED) is 0.129. The number of morpholine rings is 1. The van der Waals surface area contributed by atoms with Gasteiger partial charge in [-0.05, 0) is 58.5 Å². The number of primary amides is 2. The summed E-state index contributed by atoms with van der Waals surface area (Å²) in [4.78, 5) is 86.4. The third-order valence-electron chi connectivity index (χ3n) is 11.2. The van der Waals surface area contributed by atoms with Crippen molar-refractivity contribution in [2.24, 2.45) is 23.3 Å². The average molecular weight is 799 g/mol. The molecule has 0 unspecified atom stereocenters. The van der Waals surface area contributed by atoms with Crippen LogP contribution in [0, 0.1) is 23.7 Å². The molecular formula is C44H42N6O9. The van der Waals surface area contributed by atoms with Gasteiger partial charge in [-0.15, -0.1) is 0 Å². The molecule has 1 spiro atoms. The van der Waals surface area contributed by atoms with Gasteiger partial charge in [0.25, 0.3) is 0 Å². The number of nitrogens with zero attached hydrogens (tertiary/aromatic N) is 2. The van der Waals surface area contributed by atoms with Gasteiger partial charge in [0, 0.05) is 5.56 Å². The number of rotatable bonds is 8. The number of ether oxygens (including phenoxy) is 2. The number of carbonyl (C=O) groups is 6. The number of aromatic hydroxyl groups is 1. The van der Waals surface area contributed by atoms with E-state index in [4.69, 9.17) is 20.9 Å². The molecule has 2 saturated heterocycles. The summed E-state index contributed by atoms with van der Waals surface area (Å²) in [5, 5.41) is 15.5. The summed E-state index contributed by atoms with van der Waals surface area (Å²) in [6.07, 6.45) is -0.956. The van der Waals surface area contributed by atoms with E-state index in [0.29, 0.717) is 22.3 Å². The van der Waals surface area contributed by atoms with Crippen molar-refractivity contribution in [3.8, 4) is 17.6 Å². The lowest BCUT2D eigenvalue weighted by atomic mass is 9.65. The summed E-state index contributed by atoms with van der Waals surface area (Å²) in [5.41, 5.74) is 11.7. The van der Waals surface area contributed by atoms with E-state index in [2.05, 4.69) is 22.5 Å². The van der Waals surface area contributed by atoms with Crippen LogP contribution >= 0.6 is 0 Å². The van der Waals surface area contributed by atoms with Gasteiger partial charge in [0.15, 0.2) is 0 Å². The maximum Gasteiger partial charge on any atom is 0.329 e. The molecule has 15 nitrogen and oxygen atoms in total. The molecule has 4 aromatic carbocycles. The second-order valence-corrected chi connectivity index (χ2v) is 14.8. The molecule has 59 heavy (non-hydrogen) atoms. The zero-order valence-corrected chi connectivity index (χ0v) is 32.3. The monoisotopic (exact) mass is 798 g/mol. The summed E-state index contributed by atoms with van der Waals surface area (Å²) >= 11 is 0. The summed E-state index contributed by atoms with van der Waals surface area (Å²) < 4.78 is 11.3. The Labute approximate surface area is 339 Å². The molecule has 302 valence electrons. The summed E-state index contributed by atoms with van der Waals surface area (Å²) in [6.45, 7) is 3.27. The Morgan fingerprint density at radius 3 is 2.12 bits per heavy atom. The van der Waals surface area contributed by atoms with Crippen molar-refractivity contribution < 1.29 is 43.3 Å². The SMILES string of the molecule is COC(=O)[C@@H](NC(=O)N1C(=O)[C@@]2(c3cc(C#CCNC(N)=O)ccc31)[C@H](C(N)=O)[C@H]1C(=O)O[C@H](c3ccccc3)[C@H](c3ccccc3)N1[C@@H]2c1ccc(O)cc1)C(C)C. The first-order chi connectivity index (χ1) is 28.3. The number of anilines is 1. The van der Waals surface area contributed by atoms with Crippen LogP contribution in [-0.2, 0) is 34.1 Å². The molecule has 0 bridgehead atoms. The third kappa shape index (κ3) is 6.87. The second-order valence-electron chi connectivity index (χ2n) is 14.8. The van der Waals surface area contributed by atoms with Crippen LogP contribution in [0.1, 0.15) is 59.9 Å².